The van der Waals surface area contributed by atoms with Gasteiger partial charge in [0.05, 0.1) is 28.8 Å². The molecule has 29 heavy (non-hydrogen) atoms. The highest BCUT2D eigenvalue weighted by Crippen LogP contribution is 2.42. The van der Waals surface area contributed by atoms with Crippen LogP contribution in [0.1, 0.15) is 73.2 Å². The number of carboxylic acids is 1. The molecule has 0 radical (unpaired) electrons. The molecule has 6 nitrogen and oxygen atoms in total. The van der Waals surface area contributed by atoms with Crippen LogP contribution in [0.25, 0.3) is 0 Å². The van der Waals surface area contributed by atoms with E-state index in [-0.39, 0.29) is 6.42 Å². The number of carboxylic acid groups (broad SMARTS) is 1. The summed E-state index contributed by atoms with van der Waals surface area (Å²) in [5.74, 6) is -1.30. The minimum atomic E-state index is -0.889. The van der Waals surface area contributed by atoms with Gasteiger partial charge in [0.15, 0.2) is 0 Å². The Labute approximate surface area is 174 Å². The van der Waals surface area contributed by atoms with Crippen molar-refractivity contribution in [2.75, 3.05) is 0 Å². The molecular formula is C21H32B2O6. The molecule has 2 heterocycles. The molecule has 0 aliphatic carbocycles. The molecule has 0 saturated carbocycles. The van der Waals surface area contributed by atoms with Crippen LogP contribution in [0.15, 0.2) is 24.3 Å². The van der Waals surface area contributed by atoms with Crippen molar-refractivity contribution in [1.82, 2.24) is 0 Å². The van der Waals surface area contributed by atoms with Crippen LogP contribution in [0.4, 0.5) is 0 Å². The van der Waals surface area contributed by atoms with E-state index in [0.29, 0.717) is 0 Å². The Bertz CT molecular complexity index is 740. The van der Waals surface area contributed by atoms with Gasteiger partial charge in [-0.3, -0.25) is 4.79 Å². The van der Waals surface area contributed by atoms with Gasteiger partial charge in [0.25, 0.3) is 0 Å². The van der Waals surface area contributed by atoms with Gasteiger partial charge in [0.2, 0.25) is 0 Å². The van der Waals surface area contributed by atoms with Crippen LogP contribution in [0.5, 0.6) is 0 Å². The third-order valence-corrected chi connectivity index (χ3v) is 6.88. The quantitative estimate of drug-likeness (QED) is 0.763. The van der Waals surface area contributed by atoms with E-state index >= 15 is 0 Å². The van der Waals surface area contributed by atoms with E-state index in [0.717, 1.165) is 11.0 Å². The molecule has 2 aliphatic rings. The molecule has 2 fully saturated rings. The highest BCUT2D eigenvalue weighted by atomic mass is 16.7. The second kappa shape index (κ2) is 7.12. The summed E-state index contributed by atoms with van der Waals surface area (Å²) in [6.45, 7) is 15.9. The Hall–Kier alpha value is -1.34. The summed E-state index contributed by atoms with van der Waals surface area (Å²) in [5.41, 5.74) is -0.106. The molecule has 1 aromatic rings. The predicted molar refractivity (Wildman–Crippen MR) is 113 cm³/mol. The largest absolute Gasteiger partial charge is 0.494 e. The maximum absolute atomic E-state index is 11.5. The third kappa shape index (κ3) is 4.13. The molecule has 3 rings (SSSR count). The number of hydrogen-bond donors (Lipinski definition) is 1. The van der Waals surface area contributed by atoms with Crippen molar-refractivity contribution in [3.8, 4) is 0 Å². The molecule has 2 aliphatic heterocycles. The third-order valence-electron chi connectivity index (χ3n) is 6.88. The topological polar surface area (TPSA) is 74.2 Å². The Morgan fingerprint density at radius 2 is 1.24 bits per heavy atom. The average Bonchev–Trinajstić information content (AvgIpc) is 2.92. The van der Waals surface area contributed by atoms with Gasteiger partial charge in [-0.25, -0.2) is 0 Å². The van der Waals surface area contributed by atoms with Gasteiger partial charge in [-0.1, -0.05) is 24.3 Å². The van der Waals surface area contributed by atoms with Gasteiger partial charge < -0.3 is 23.7 Å². The fraction of sp³-hybridized carbons (Fsp3) is 0.667. The Kier molecular flexibility index (Phi) is 5.49. The smallest absolute Gasteiger partial charge is 0.481 e. The minimum Gasteiger partial charge on any atom is -0.481 e. The van der Waals surface area contributed by atoms with Crippen LogP contribution in [0, 0.1) is 0 Å². The number of hydrogen-bond acceptors (Lipinski definition) is 5. The first-order valence-electron chi connectivity index (χ1n) is 10.2. The highest BCUT2D eigenvalue weighted by Gasteiger charge is 2.55. The molecule has 158 valence electrons. The summed E-state index contributed by atoms with van der Waals surface area (Å²) in [6, 6.07) is 7.69. The molecule has 0 bridgehead atoms. The van der Waals surface area contributed by atoms with Gasteiger partial charge in [0.1, 0.15) is 0 Å². The summed E-state index contributed by atoms with van der Waals surface area (Å²) in [4.78, 5) is 11.5. The number of benzene rings is 1. The van der Waals surface area contributed by atoms with Gasteiger partial charge >= 0.3 is 20.2 Å². The summed E-state index contributed by atoms with van der Waals surface area (Å²) >= 11 is 0. The summed E-state index contributed by atoms with van der Waals surface area (Å²) in [5, 5.41) is 9.46. The van der Waals surface area contributed by atoms with Crippen LogP contribution in [0.2, 0.25) is 0 Å². The molecule has 1 atom stereocenters. The lowest BCUT2D eigenvalue weighted by molar-refractivity contribution is -0.137. The first-order valence-corrected chi connectivity index (χ1v) is 10.2. The zero-order chi connectivity index (χ0) is 21.8. The fourth-order valence-corrected chi connectivity index (χ4v) is 3.49. The molecule has 0 spiro atoms. The summed E-state index contributed by atoms with van der Waals surface area (Å²) in [6.07, 6.45) is -0.0767. The lowest BCUT2D eigenvalue weighted by Crippen LogP contribution is -2.41. The predicted octanol–water partition coefficient (Wildman–Crippen LogP) is 3.18. The summed E-state index contributed by atoms with van der Waals surface area (Å²) in [7, 11) is -1.08. The zero-order valence-corrected chi connectivity index (χ0v) is 18.7. The second-order valence-corrected chi connectivity index (χ2v) is 10.1. The maximum atomic E-state index is 11.5. The fourth-order valence-electron chi connectivity index (χ4n) is 3.49. The molecular weight excluding hydrogens is 370 g/mol. The SMILES string of the molecule is CC1(C)OB(c2ccc(C(CC(=O)O)B3OC(C)(C)C(C)(C)O3)cc2)OC1(C)C. The van der Waals surface area contributed by atoms with Crippen molar-refractivity contribution in [3.05, 3.63) is 29.8 Å². The van der Waals surface area contributed by atoms with E-state index in [1.54, 1.807) is 0 Å². The molecule has 2 saturated heterocycles. The lowest BCUT2D eigenvalue weighted by Gasteiger charge is -2.32. The number of carbonyl (C=O) groups is 1. The lowest BCUT2D eigenvalue weighted by atomic mass is 9.65. The molecule has 1 N–H and O–H groups in total. The van der Waals surface area contributed by atoms with Crippen LogP contribution in [-0.2, 0) is 23.4 Å². The normalized spacial score (nSPS) is 25.2. The first-order chi connectivity index (χ1) is 13.2. The van der Waals surface area contributed by atoms with Crippen LogP contribution >= 0.6 is 0 Å². The van der Waals surface area contributed by atoms with E-state index in [2.05, 4.69) is 0 Å². The monoisotopic (exact) mass is 402 g/mol. The van der Waals surface area contributed by atoms with Gasteiger partial charge in [-0.2, -0.15) is 0 Å². The molecule has 1 aromatic carbocycles. The van der Waals surface area contributed by atoms with Crippen LogP contribution in [0.3, 0.4) is 0 Å². The van der Waals surface area contributed by atoms with Crippen molar-refractivity contribution < 1.29 is 28.5 Å². The Morgan fingerprint density at radius 1 is 0.828 bits per heavy atom. The van der Waals surface area contributed by atoms with E-state index in [4.69, 9.17) is 18.6 Å². The first kappa shape index (κ1) is 22.3. The van der Waals surface area contributed by atoms with Crippen molar-refractivity contribution in [3.63, 3.8) is 0 Å². The summed E-state index contributed by atoms with van der Waals surface area (Å²) < 4.78 is 24.5. The van der Waals surface area contributed by atoms with Crippen LogP contribution < -0.4 is 5.46 Å². The standard InChI is InChI=1S/C21H32B2O6/c1-18(2)19(3,4)27-22(26-18)15-11-9-14(10-12-15)16(13-17(24)25)23-28-20(5,6)21(7,8)29-23/h9-12,16H,13H2,1-8H3,(H,24,25). The maximum Gasteiger partial charge on any atom is 0.494 e. The van der Waals surface area contributed by atoms with Crippen molar-refractivity contribution in [2.45, 2.75) is 90.0 Å². The zero-order valence-electron chi connectivity index (χ0n) is 18.7. The average molecular weight is 402 g/mol. The molecule has 8 heteroatoms. The van der Waals surface area contributed by atoms with E-state index in [1.165, 1.54) is 0 Å². The number of rotatable bonds is 5. The van der Waals surface area contributed by atoms with Gasteiger partial charge in [0, 0.05) is 5.82 Å². The van der Waals surface area contributed by atoms with Crippen molar-refractivity contribution >= 4 is 25.7 Å². The Morgan fingerprint density at radius 3 is 1.66 bits per heavy atom. The second-order valence-electron chi connectivity index (χ2n) is 10.1. The number of aliphatic carboxylic acids is 1. The molecule has 0 aromatic heterocycles. The Balaban J connectivity index is 1.83. The van der Waals surface area contributed by atoms with E-state index in [1.807, 2.05) is 79.7 Å². The van der Waals surface area contributed by atoms with Crippen LogP contribution in [-0.4, -0.2) is 47.7 Å². The van der Waals surface area contributed by atoms with Crippen molar-refractivity contribution in [2.24, 2.45) is 0 Å². The minimum absolute atomic E-state index is 0.0767. The highest BCUT2D eigenvalue weighted by molar-refractivity contribution is 6.62. The van der Waals surface area contributed by atoms with E-state index in [9.17, 15) is 9.90 Å². The molecule has 1 unspecified atom stereocenters. The van der Waals surface area contributed by atoms with Gasteiger partial charge in [-0.05, 0) is 66.4 Å². The van der Waals surface area contributed by atoms with E-state index < -0.39 is 48.4 Å². The molecule has 0 amide bonds. The van der Waals surface area contributed by atoms with Crippen molar-refractivity contribution in [1.29, 1.82) is 0 Å². The van der Waals surface area contributed by atoms with Gasteiger partial charge in [-0.15, -0.1) is 0 Å².